The molecule has 0 spiro atoms. The minimum atomic E-state index is -0.321. The van der Waals surface area contributed by atoms with Gasteiger partial charge in [0, 0.05) is 32.4 Å². The number of ether oxygens (including phenoxy) is 1. The van der Waals surface area contributed by atoms with Gasteiger partial charge in [-0.25, -0.2) is 4.79 Å². The van der Waals surface area contributed by atoms with E-state index in [0.29, 0.717) is 36.8 Å². The first-order valence-corrected chi connectivity index (χ1v) is 9.27. The second-order valence-corrected chi connectivity index (χ2v) is 6.61. The van der Waals surface area contributed by atoms with E-state index < -0.39 is 0 Å². The van der Waals surface area contributed by atoms with Crippen molar-refractivity contribution in [1.29, 1.82) is 0 Å². The van der Waals surface area contributed by atoms with E-state index in [2.05, 4.69) is 9.88 Å². The summed E-state index contributed by atoms with van der Waals surface area (Å²) in [7, 11) is 1.67. The van der Waals surface area contributed by atoms with Crippen LogP contribution in [0.2, 0.25) is 0 Å². The molecule has 1 aliphatic heterocycles. The summed E-state index contributed by atoms with van der Waals surface area (Å²) in [5.41, 5.74) is 1.32. The van der Waals surface area contributed by atoms with E-state index in [1.807, 2.05) is 42.7 Å². The van der Waals surface area contributed by atoms with Crippen LogP contribution in [0.15, 0.2) is 33.9 Å². The minimum Gasteiger partial charge on any atom is -0.494 e. The average molecular weight is 369 g/mol. The predicted molar refractivity (Wildman–Crippen MR) is 104 cm³/mol. The number of hydrogen-bond donors (Lipinski definition) is 0. The molecule has 0 saturated carbocycles. The average Bonchev–Trinajstić information content (AvgIpc) is 3.24. The molecule has 4 rings (SSSR count). The predicted octanol–water partition coefficient (Wildman–Crippen LogP) is 1.86. The number of anilines is 2. The molecule has 0 aliphatic carbocycles. The molecule has 0 amide bonds. The molecule has 142 valence electrons. The van der Waals surface area contributed by atoms with E-state index in [1.54, 1.807) is 7.05 Å². The van der Waals surface area contributed by atoms with E-state index in [1.165, 1.54) is 9.13 Å². The lowest BCUT2D eigenvalue weighted by Crippen LogP contribution is -2.39. The summed E-state index contributed by atoms with van der Waals surface area (Å²) in [5.74, 6) is 1.51. The van der Waals surface area contributed by atoms with Gasteiger partial charge in [-0.1, -0.05) is 6.92 Å². The van der Waals surface area contributed by atoms with Gasteiger partial charge in [-0.05, 0) is 37.6 Å². The molecule has 8 nitrogen and oxygen atoms in total. The first-order valence-electron chi connectivity index (χ1n) is 9.27. The Morgan fingerprint density at radius 2 is 1.85 bits per heavy atom. The molecule has 0 fully saturated rings. The molecule has 0 N–H and O–H groups in total. The van der Waals surface area contributed by atoms with E-state index in [-0.39, 0.29) is 11.2 Å². The SMILES string of the molecule is CCCn1c(=O)c2c(nc3n2CCN3c2ccc(OCC)cc2)n(C)c1=O. The van der Waals surface area contributed by atoms with Crippen LogP contribution in [-0.2, 0) is 20.1 Å². The molecule has 0 radical (unpaired) electrons. The van der Waals surface area contributed by atoms with Gasteiger partial charge in [0.05, 0.1) is 6.61 Å². The molecule has 2 aromatic heterocycles. The minimum absolute atomic E-state index is 0.262. The van der Waals surface area contributed by atoms with Gasteiger partial charge >= 0.3 is 5.69 Å². The van der Waals surface area contributed by atoms with Gasteiger partial charge in [-0.3, -0.25) is 13.9 Å². The molecule has 0 saturated heterocycles. The molecular weight excluding hydrogens is 346 g/mol. The summed E-state index contributed by atoms with van der Waals surface area (Å²) in [4.78, 5) is 32.1. The molecule has 3 aromatic rings. The van der Waals surface area contributed by atoms with Gasteiger partial charge in [0.2, 0.25) is 5.95 Å². The Bertz CT molecular complexity index is 1110. The van der Waals surface area contributed by atoms with Crippen LogP contribution in [0, 0.1) is 0 Å². The van der Waals surface area contributed by atoms with Crippen molar-refractivity contribution in [2.45, 2.75) is 33.4 Å². The zero-order valence-corrected chi connectivity index (χ0v) is 15.8. The summed E-state index contributed by atoms with van der Waals surface area (Å²) < 4.78 is 10.2. The van der Waals surface area contributed by atoms with Crippen LogP contribution in [0.5, 0.6) is 5.75 Å². The van der Waals surface area contributed by atoms with Crippen molar-refractivity contribution in [3.63, 3.8) is 0 Å². The number of aromatic nitrogens is 4. The Morgan fingerprint density at radius 3 is 2.52 bits per heavy atom. The van der Waals surface area contributed by atoms with E-state index in [9.17, 15) is 9.59 Å². The molecular formula is C19H23N5O3. The smallest absolute Gasteiger partial charge is 0.332 e. The van der Waals surface area contributed by atoms with Crippen LogP contribution in [-0.4, -0.2) is 31.8 Å². The van der Waals surface area contributed by atoms with Crippen LogP contribution < -0.4 is 20.9 Å². The highest BCUT2D eigenvalue weighted by atomic mass is 16.5. The van der Waals surface area contributed by atoms with E-state index in [0.717, 1.165) is 24.4 Å². The van der Waals surface area contributed by atoms with Crippen molar-refractivity contribution in [2.24, 2.45) is 7.05 Å². The lowest BCUT2D eigenvalue weighted by Gasteiger charge is -2.16. The highest BCUT2D eigenvalue weighted by molar-refractivity contribution is 5.77. The number of aryl methyl sites for hydroxylation is 1. The maximum absolute atomic E-state index is 12.9. The highest BCUT2D eigenvalue weighted by Crippen LogP contribution is 2.32. The molecule has 27 heavy (non-hydrogen) atoms. The number of rotatable bonds is 5. The van der Waals surface area contributed by atoms with Gasteiger partial charge < -0.3 is 14.2 Å². The van der Waals surface area contributed by atoms with Crippen LogP contribution >= 0.6 is 0 Å². The van der Waals surface area contributed by atoms with Crippen molar-refractivity contribution in [2.75, 3.05) is 18.1 Å². The first-order chi connectivity index (χ1) is 13.1. The topological polar surface area (TPSA) is 74.3 Å². The molecule has 1 aliphatic rings. The summed E-state index contributed by atoms with van der Waals surface area (Å²) in [5, 5.41) is 0. The Hall–Kier alpha value is -3.03. The van der Waals surface area contributed by atoms with Crippen LogP contribution in [0.1, 0.15) is 20.3 Å². The van der Waals surface area contributed by atoms with Crippen molar-refractivity contribution < 1.29 is 4.74 Å². The monoisotopic (exact) mass is 369 g/mol. The zero-order valence-electron chi connectivity index (χ0n) is 15.8. The fourth-order valence-electron chi connectivity index (χ4n) is 3.63. The van der Waals surface area contributed by atoms with Gasteiger partial charge in [-0.15, -0.1) is 0 Å². The molecule has 0 atom stereocenters. The van der Waals surface area contributed by atoms with Gasteiger partial charge in [0.15, 0.2) is 11.2 Å². The van der Waals surface area contributed by atoms with Crippen molar-refractivity contribution in [3.05, 3.63) is 45.1 Å². The van der Waals surface area contributed by atoms with E-state index >= 15 is 0 Å². The molecule has 8 heteroatoms. The Balaban J connectivity index is 1.84. The summed E-state index contributed by atoms with van der Waals surface area (Å²) >= 11 is 0. The maximum Gasteiger partial charge on any atom is 0.332 e. The quantitative estimate of drug-likeness (QED) is 0.686. The normalized spacial score (nSPS) is 13.4. The number of hydrogen-bond acceptors (Lipinski definition) is 5. The Labute approximate surface area is 156 Å². The second-order valence-electron chi connectivity index (χ2n) is 6.61. The standard InChI is InChI=1S/C19H23N5O3/c1-4-10-24-17(25)15-16(21(3)19(24)26)20-18-22(11-12-23(15)18)13-6-8-14(9-7-13)27-5-2/h6-9H,4-5,10-12H2,1-3H3. The fourth-order valence-corrected chi connectivity index (χ4v) is 3.63. The lowest BCUT2D eigenvalue weighted by molar-refractivity contribution is 0.340. The first kappa shape index (κ1) is 17.4. The summed E-state index contributed by atoms with van der Waals surface area (Å²) in [6.45, 7) is 6.30. The largest absolute Gasteiger partial charge is 0.494 e. The zero-order chi connectivity index (χ0) is 19.1. The third kappa shape index (κ3) is 2.63. The second kappa shape index (κ2) is 6.61. The Kier molecular flexibility index (Phi) is 4.25. The fraction of sp³-hybridized carbons (Fsp3) is 0.421. The third-order valence-electron chi connectivity index (χ3n) is 4.91. The van der Waals surface area contributed by atoms with Crippen molar-refractivity contribution in [1.82, 2.24) is 18.7 Å². The highest BCUT2D eigenvalue weighted by Gasteiger charge is 2.28. The van der Waals surface area contributed by atoms with Gasteiger partial charge in [0.1, 0.15) is 5.75 Å². The van der Waals surface area contributed by atoms with Crippen LogP contribution in [0.25, 0.3) is 11.2 Å². The summed E-state index contributed by atoms with van der Waals surface area (Å²) in [6.07, 6.45) is 0.722. The van der Waals surface area contributed by atoms with E-state index in [4.69, 9.17) is 4.74 Å². The number of fused-ring (bicyclic) bond motifs is 3. The maximum atomic E-state index is 12.9. The van der Waals surface area contributed by atoms with Gasteiger partial charge in [0.25, 0.3) is 5.56 Å². The molecule has 0 bridgehead atoms. The number of benzene rings is 1. The Morgan fingerprint density at radius 1 is 1.11 bits per heavy atom. The molecule has 1 aromatic carbocycles. The lowest BCUT2D eigenvalue weighted by atomic mass is 10.3. The van der Waals surface area contributed by atoms with Gasteiger partial charge in [-0.2, -0.15) is 4.98 Å². The van der Waals surface area contributed by atoms with Crippen LogP contribution in [0.4, 0.5) is 11.6 Å². The number of nitrogens with zero attached hydrogens (tertiary/aromatic N) is 5. The molecule has 0 unspecified atom stereocenters. The van der Waals surface area contributed by atoms with Crippen LogP contribution in [0.3, 0.4) is 0 Å². The third-order valence-corrected chi connectivity index (χ3v) is 4.91. The number of imidazole rings is 1. The van der Waals surface area contributed by atoms with Crippen molar-refractivity contribution in [3.8, 4) is 5.75 Å². The molecule has 3 heterocycles. The van der Waals surface area contributed by atoms with Crippen molar-refractivity contribution >= 4 is 22.8 Å². The summed E-state index contributed by atoms with van der Waals surface area (Å²) in [6, 6.07) is 7.81.